The predicted octanol–water partition coefficient (Wildman–Crippen LogP) is 3.97. The van der Waals surface area contributed by atoms with E-state index >= 15 is 0 Å². The van der Waals surface area contributed by atoms with Crippen LogP contribution in [0, 0.1) is 18.3 Å². The van der Waals surface area contributed by atoms with Crippen molar-refractivity contribution in [3.63, 3.8) is 0 Å². The van der Waals surface area contributed by atoms with Gasteiger partial charge in [0.1, 0.15) is 11.6 Å². The Labute approximate surface area is 142 Å². The first-order valence-electron chi connectivity index (χ1n) is 7.70. The van der Waals surface area contributed by atoms with Crippen LogP contribution in [0.15, 0.2) is 54.4 Å². The lowest BCUT2D eigenvalue weighted by Gasteiger charge is -2.08. The van der Waals surface area contributed by atoms with E-state index in [1.54, 1.807) is 6.20 Å². The van der Waals surface area contributed by atoms with Crippen LogP contribution >= 0.6 is 0 Å². The zero-order valence-corrected chi connectivity index (χ0v) is 14.0. The summed E-state index contributed by atoms with van der Waals surface area (Å²) in [5, 5.41) is 14.8. The van der Waals surface area contributed by atoms with Crippen molar-refractivity contribution in [2.24, 2.45) is 0 Å². The van der Waals surface area contributed by atoms with Crippen LogP contribution in [0.3, 0.4) is 0 Å². The Kier molecular flexibility index (Phi) is 5.69. The molecule has 24 heavy (non-hydrogen) atoms. The normalized spacial score (nSPS) is 11.0. The smallest absolute Gasteiger partial charge is 0.267 e. The molecule has 2 aromatic rings. The number of amides is 1. The Morgan fingerprint density at radius 1 is 1.17 bits per heavy atom. The van der Waals surface area contributed by atoms with Crippen LogP contribution in [0.5, 0.6) is 0 Å². The maximum atomic E-state index is 12.2. The third-order valence-corrected chi connectivity index (χ3v) is 3.49. The molecule has 0 aliphatic rings. The molecule has 1 amide bonds. The summed E-state index contributed by atoms with van der Waals surface area (Å²) in [6.07, 6.45) is 3.02. The molecule has 1 aromatic carbocycles. The molecule has 0 fully saturated rings. The number of nitrogens with zero attached hydrogens (tertiary/aromatic N) is 2. The van der Waals surface area contributed by atoms with Crippen LogP contribution in [0.1, 0.15) is 31.0 Å². The minimum atomic E-state index is -0.456. The van der Waals surface area contributed by atoms with Gasteiger partial charge < -0.3 is 10.6 Å². The number of aromatic nitrogens is 1. The summed E-state index contributed by atoms with van der Waals surface area (Å²) in [6.45, 7) is 6.10. The predicted molar refractivity (Wildman–Crippen MR) is 95.5 cm³/mol. The summed E-state index contributed by atoms with van der Waals surface area (Å²) in [4.78, 5) is 16.3. The minimum Gasteiger partial charge on any atom is -0.359 e. The zero-order valence-electron chi connectivity index (χ0n) is 14.0. The summed E-state index contributed by atoms with van der Waals surface area (Å²) in [6, 6.07) is 13.2. The van der Waals surface area contributed by atoms with E-state index in [-0.39, 0.29) is 5.57 Å². The van der Waals surface area contributed by atoms with Gasteiger partial charge in [0.15, 0.2) is 0 Å². The number of carbonyl (C=O) groups excluding carboxylic acids is 1. The number of pyridine rings is 1. The second-order valence-electron chi connectivity index (χ2n) is 5.73. The number of hydrogen-bond donors (Lipinski definition) is 2. The van der Waals surface area contributed by atoms with Crippen LogP contribution in [0.25, 0.3) is 0 Å². The molecule has 2 N–H and O–H groups in total. The van der Waals surface area contributed by atoms with Gasteiger partial charge in [-0.25, -0.2) is 0 Å². The van der Waals surface area contributed by atoms with Gasteiger partial charge in [-0.1, -0.05) is 26.0 Å². The lowest BCUT2D eigenvalue weighted by atomic mass is 10.0. The van der Waals surface area contributed by atoms with Crippen molar-refractivity contribution in [3.05, 3.63) is 65.6 Å². The Hall–Kier alpha value is -3.13. The van der Waals surface area contributed by atoms with Gasteiger partial charge in [-0.2, -0.15) is 5.26 Å². The first kappa shape index (κ1) is 17.2. The molecule has 0 saturated heterocycles. The van der Waals surface area contributed by atoms with E-state index in [0.717, 1.165) is 5.69 Å². The van der Waals surface area contributed by atoms with Gasteiger partial charge in [-0.15, -0.1) is 0 Å². The van der Waals surface area contributed by atoms with Crippen molar-refractivity contribution < 1.29 is 4.79 Å². The van der Waals surface area contributed by atoms with E-state index in [9.17, 15) is 10.1 Å². The van der Waals surface area contributed by atoms with E-state index in [1.807, 2.05) is 49.4 Å². The van der Waals surface area contributed by atoms with Crippen molar-refractivity contribution in [1.82, 2.24) is 4.98 Å². The lowest BCUT2D eigenvalue weighted by Crippen LogP contribution is -2.14. The second kappa shape index (κ2) is 7.93. The maximum absolute atomic E-state index is 12.2. The number of aryl methyl sites for hydroxylation is 1. The quantitative estimate of drug-likeness (QED) is 0.645. The van der Waals surface area contributed by atoms with E-state index < -0.39 is 5.91 Å². The molecular formula is C19H20N4O. The first-order valence-corrected chi connectivity index (χ1v) is 7.70. The van der Waals surface area contributed by atoms with Crippen LogP contribution in [0.2, 0.25) is 0 Å². The van der Waals surface area contributed by atoms with E-state index in [2.05, 4.69) is 29.5 Å². The summed E-state index contributed by atoms with van der Waals surface area (Å²) in [5.41, 5.74) is 3.44. The lowest BCUT2D eigenvalue weighted by molar-refractivity contribution is -0.112. The molecule has 2 rings (SSSR count). The molecule has 122 valence electrons. The Morgan fingerprint density at radius 2 is 1.83 bits per heavy atom. The van der Waals surface area contributed by atoms with E-state index in [4.69, 9.17) is 0 Å². The fourth-order valence-electron chi connectivity index (χ4n) is 2.01. The number of anilines is 2. The van der Waals surface area contributed by atoms with Gasteiger partial charge in [0.05, 0.1) is 11.9 Å². The Morgan fingerprint density at radius 3 is 2.38 bits per heavy atom. The molecule has 0 unspecified atom stereocenters. The van der Waals surface area contributed by atoms with Crippen LogP contribution in [0.4, 0.5) is 11.4 Å². The molecule has 0 saturated carbocycles. The number of carbonyl (C=O) groups is 1. The highest BCUT2D eigenvalue weighted by Crippen LogP contribution is 2.17. The van der Waals surface area contributed by atoms with E-state index in [0.29, 0.717) is 17.3 Å². The highest BCUT2D eigenvalue weighted by atomic mass is 16.1. The monoisotopic (exact) mass is 320 g/mol. The SMILES string of the molecule is Cc1ccc(N/C=C(/C#N)C(=O)Nc2ccc(C(C)C)cc2)cn1. The molecule has 5 heteroatoms. The fraction of sp³-hybridized carbons (Fsp3) is 0.211. The highest BCUT2D eigenvalue weighted by molar-refractivity contribution is 6.06. The Bertz CT molecular complexity index is 769. The number of rotatable bonds is 5. The van der Waals surface area contributed by atoms with Crippen molar-refractivity contribution in [1.29, 1.82) is 5.26 Å². The van der Waals surface area contributed by atoms with Crippen LogP contribution in [-0.4, -0.2) is 10.9 Å². The summed E-state index contributed by atoms with van der Waals surface area (Å²) in [5.74, 6) is -0.0287. The zero-order chi connectivity index (χ0) is 17.5. The largest absolute Gasteiger partial charge is 0.359 e. The van der Waals surface area contributed by atoms with Gasteiger partial charge in [0.2, 0.25) is 0 Å². The number of hydrogen-bond acceptors (Lipinski definition) is 4. The molecule has 1 heterocycles. The first-order chi connectivity index (χ1) is 11.5. The standard InChI is InChI=1S/C19H20N4O/c1-13(2)15-5-8-17(9-6-15)23-19(24)16(10-20)11-22-18-7-4-14(3)21-12-18/h4-9,11-13,22H,1-3H3,(H,23,24)/b16-11-. The maximum Gasteiger partial charge on any atom is 0.267 e. The molecule has 0 radical (unpaired) electrons. The van der Waals surface area contributed by atoms with E-state index in [1.165, 1.54) is 11.8 Å². The average Bonchev–Trinajstić information content (AvgIpc) is 2.57. The molecule has 0 aliphatic carbocycles. The summed E-state index contributed by atoms with van der Waals surface area (Å²) < 4.78 is 0. The van der Waals surface area contributed by atoms with Crippen molar-refractivity contribution in [2.75, 3.05) is 10.6 Å². The van der Waals surface area contributed by atoms with Gasteiger partial charge in [0.25, 0.3) is 5.91 Å². The van der Waals surface area contributed by atoms with Gasteiger partial charge in [-0.05, 0) is 42.7 Å². The van der Waals surface area contributed by atoms with Crippen molar-refractivity contribution in [3.8, 4) is 6.07 Å². The fourth-order valence-corrected chi connectivity index (χ4v) is 2.01. The minimum absolute atomic E-state index is 0.0106. The molecular weight excluding hydrogens is 300 g/mol. The van der Waals surface area contributed by atoms with Crippen molar-refractivity contribution in [2.45, 2.75) is 26.7 Å². The van der Waals surface area contributed by atoms with Gasteiger partial charge in [-0.3, -0.25) is 9.78 Å². The molecule has 0 aliphatic heterocycles. The van der Waals surface area contributed by atoms with Crippen molar-refractivity contribution >= 4 is 17.3 Å². The second-order valence-corrected chi connectivity index (χ2v) is 5.73. The summed E-state index contributed by atoms with van der Waals surface area (Å²) >= 11 is 0. The number of nitriles is 1. The summed E-state index contributed by atoms with van der Waals surface area (Å²) in [7, 11) is 0. The molecule has 1 aromatic heterocycles. The third-order valence-electron chi connectivity index (χ3n) is 3.49. The number of nitrogens with one attached hydrogen (secondary N) is 2. The average molecular weight is 320 g/mol. The molecule has 0 atom stereocenters. The molecule has 5 nitrogen and oxygen atoms in total. The number of benzene rings is 1. The Balaban J connectivity index is 2.04. The molecule has 0 spiro atoms. The van der Waals surface area contributed by atoms with Crippen LogP contribution < -0.4 is 10.6 Å². The third kappa shape index (κ3) is 4.68. The van der Waals surface area contributed by atoms with Gasteiger partial charge in [0, 0.05) is 17.6 Å². The van der Waals surface area contributed by atoms with Crippen LogP contribution in [-0.2, 0) is 4.79 Å². The topological polar surface area (TPSA) is 77.8 Å². The molecule has 0 bridgehead atoms. The van der Waals surface area contributed by atoms with Gasteiger partial charge >= 0.3 is 0 Å². The highest BCUT2D eigenvalue weighted by Gasteiger charge is 2.09.